The first-order chi connectivity index (χ1) is 9.83. The second kappa shape index (κ2) is 8.28. The van der Waals surface area contributed by atoms with E-state index in [1.165, 1.54) is 44.6 Å². The fourth-order valence-electron chi connectivity index (χ4n) is 2.91. The summed E-state index contributed by atoms with van der Waals surface area (Å²) < 4.78 is 5.43. The summed E-state index contributed by atoms with van der Waals surface area (Å²) in [5.74, 6) is 1.02. The highest BCUT2D eigenvalue weighted by Gasteiger charge is 2.13. The molecule has 0 aromatic heterocycles. The molecule has 0 bridgehead atoms. The van der Waals surface area contributed by atoms with Crippen LogP contribution in [0.3, 0.4) is 0 Å². The highest BCUT2D eigenvalue weighted by atomic mass is 16.5. The molecule has 0 saturated carbocycles. The summed E-state index contributed by atoms with van der Waals surface area (Å²) in [6.45, 7) is 9.50. The van der Waals surface area contributed by atoms with Crippen molar-refractivity contribution in [2.45, 2.75) is 26.2 Å². The topological polar surface area (TPSA) is 15.7 Å². The summed E-state index contributed by atoms with van der Waals surface area (Å²) in [6.07, 6.45) is 3.83. The van der Waals surface area contributed by atoms with E-state index in [0.29, 0.717) is 0 Å². The van der Waals surface area contributed by atoms with Gasteiger partial charge in [-0.15, -0.1) is 0 Å². The summed E-state index contributed by atoms with van der Waals surface area (Å²) in [5, 5.41) is 0. The molecule has 0 aliphatic carbocycles. The van der Waals surface area contributed by atoms with Crippen molar-refractivity contribution in [1.29, 1.82) is 0 Å². The first-order valence-electron chi connectivity index (χ1n) is 7.90. The molecule has 1 aliphatic heterocycles. The third kappa shape index (κ3) is 4.50. The van der Waals surface area contributed by atoms with Gasteiger partial charge in [-0.1, -0.05) is 25.1 Å². The van der Waals surface area contributed by atoms with Crippen molar-refractivity contribution < 1.29 is 4.74 Å². The molecule has 1 heterocycles. The molecule has 0 unspecified atom stereocenters. The van der Waals surface area contributed by atoms with Crippen LogP contribution in [0.2, 0.25) is 0 Å². The predicted octanol–water partition coefficient (Wildman–Crippen LogP) is 2.66. The molecule has 2 rings (SSSR count). The van der Waals surface area contributed by atoms with Crippen molar-refractivity contribution in [3.05, 3.63) is 29.8 Å². The molecule has 1 fully saturated rings. The van der Waals surface area contributed by atoms with Gasteiger partial charge < -0.3 is 14.5 Å². The van der Waals surface area contributed by atoms with Crippen LogP contribution in [0.1, 0.15) is 25.3 Å². The van der Waals surface area contributed by atoms with E-state index in [4.69, 9.17) is 4.74 Å². The first-order valence-corrected chi connectivity index (χ1v) is 7.90. The number of likely N-dealkylation sites (tertiary alicyclic amines) is 1. The van der Waals surface area contributed by atoms with E-state index in [9.17, 15) is 0 Å². The van der Waals surface area contributed by atoms with Crippen molar-refractivity contribution in [1.82, 2.24) is 9.80 Å². The highest BCUT2D eigenvalue weighted by molar-refractivity contribution is 5.33. The number of nitrogens with zero attached hydrogens (tertiary/aromatic N) is 2. The van der Waals surface area contributed by atoms with E-state index in [-0.39, 0.29) is 0 Å². The molecule has 0 N–H and O–H groups in total. The van der Waals surface area contributed by atoms with Gasteiger partial charge in [0.05, 0.1) is 7.11 Å². The van der Waals surface area contributed by atoms with Gasteiger partial charge in [-0.2, -0.15) is 0 Å². The molecule has 1 saturated heterocycles. The van der Waals surface area contributed by atoms with Crippen LogP contribution in [0.25, 0.3) is 0 Å². The van der Waals surface area contributed by atoms with Gasteiger partial charge in [0, 0.05) is 19.6 Å². The fourth-order valence-corrected chi connectivity index (χ4v) is 2.91. The minimum absolute atomic E-state index is 1.02. The molecule has 1 aromatic carbocycles. The minimum atomic E-state index is 1.02. The van der Waals surface area contributed by atoms with Gasteiger partial charge in [-0.05, 0) is 50.5 Å². The molecular formula is C17H28N2O. The molecule has 0 atom stereocenters. The Labute approximate surface area is 123 Å². The number of likely N-dealkylation sites (N-methyl/N-ethyl adjacent to an activating group) is 1. The third-order valence-electron chi connectivity index (χ3n) is 4.27. The molecule has 0 radical (unpaired) electrons. The average Bonchev–Trinajstić information content (AvgIpc) is 3.01. The minimum Gasteiger partial charge on any atom is -0.496 e. The highest BCUT2D eigenvalue weighted by Crippen LogP contribution is 2.18. The van der Waals surface area contributed by atoms with Gasteiger partial charge in [0.15, 0.2) is 0 Å². The molecule has 3 heteroatoms. The Balaban J connectivity index is 1.77. The second-order valence-corrected chi connectivity index (χ2v) is 5.54. The van der Waals surface area contributed by atoms with E-state index in [1.54, 1.807) is 7.11 Å². The van der Waals surface area contributed by atoms with Crippen LogP contribution in [0.4, 0.5) is 0 Å². The van der Waals surface area contributed by atoms with E-state index in [0.717, 1.165) is 25.3 Å². The van der Waals surface area contributed by atoms with Gasteiger partial charge in [0.2, 0.25) is 0 Å². The Kier molecular flexibility index (Phi) is 6.34. The summed E-state index contributed by atoms with van der Waals surface area (Å²) >= 11 is 0. The van der Waals surface area contributed by atoms with Gasteiger partial charge >= 0.3 is 0 Å². The zero-order valence-corrected chi connectivity index (χ0v) is 13.0. The van der Waals surface area contributed by atoms with Gasteiger partial charge in [-0.3, -0.25) is 0 Å². The van der Waals surface area contributed by atoms with E-state index >= 15 is 0 Å². The Bertz CT molecular complexity index is 388. The fraction of sp³-hybridized carbons (Fsp3) is 0.647. The van der Waals surface area contributed by atoms with Crippen molar-refractivity contribution in [3.63, 3.8) is 0 Å². The molecule has 20 heavy (non-hydrogen) atoms. The van der Waals surface area contributed by atoms with E-state index < -0.39 is 0 Å². The van der Waals surface area contributed by atoms with Gasteiger partial charge in [0.25, 0.3) is 0 Å². The van der Waals surface area contributed by atoms with E-state index in [1.807, 2.05) is 6.07 Å². The monoisotopic (exact) mass is 276 g/mol. The number of hydrogen-bond acceptors (Lipinski definition) is 3. The van der Waals surface area contributed by atoms with Crippen molar-refractivity contribution in [2.24, 2.45) is 0 Å². The third-order valence-corrected chi connectivity index (χ3v) is 4.27. The SMILES string of the molecule is CCN(CCc1ccccc1OC)CCN1CCCC1. The lowest BCUT2D eigenvalue weighted by Gasteiger charge is -2.24. The summed E-state index contributed by atoms with van der Waals surface area (Å²) in [6, 6.07) is 8.36. The van der Waals surface area contributed by atoms with Crippen LogP contribution in [0, 0.1) is 0 Å². The summed E-state index contributed by atoms with van der Waals surface area (Å²) in [5.41, 5.74) is 1.31. The summed E-state index contributed by atoms with van der Waals surface area (Å²) in [4.78, 5) is 5.14. The molecule has 1 aromatic rings. The lowest BCUT2D eigenvalue weighted by Crippen LogP contribution is -2.35. The van der Waals surface area contributed by atoms with Crippen LogP contribution in [0.15, 0.2) is 24.3 Å². The van der Waals surface area contributed by atoms with Crippen molar-refractivity contribution in [2.75, 3.05) is 46.4 Å². The van der Waals surface area contributed by atoms with Crippen molar-refractivity contribution >= 4 is 0 Å². The average molecular weight is 276 g/mol. The predicted molar refractivity (Wildman–Crippen MR) is 84.5 cm³/mol. The number of hydrogen-bond donors (Lipinski definition) is 0. The standard InChI is InChI=1S/C17H28N2O/c1-3-18(14-15-19-11-6-7-12-19)13-10-16-8-4-5-9-17(16)20-2/h4-5,8-9H,3,6-7,10-15H2,1-2H3. The molecule has 3 nitrogen and oxygen atoms in total. The lowest BCUT2D eigenvalue weighted by molar-refractivity contribution is 0.234. The molecular weight excluding hydrogens is 248 g/mol. The Morgan fingerprint density at radius 2 is 1.90 bits per heavy atom. The van der Waals surface area contributed by atoms with Crippen LogP contribution < -0.4 is 4.74 Å². The van der Waals surface area contributed by atoms with E-state index in [2.05, 4.69) is 34.9 Å². The normalized spacial score (nSPS) is 15.9. The first kappa shape index (κ1) is 15.3. The zero-order chi connectivity index (χ0) is 14.2. The maximum Gasteiger partial charge on any atom is 0.122 e. The molecule has 0 spiro atoms. The number of rotatable bonds is 8. The quantitative estimate of drug-likeness (QED) is 0.726. The summed E-state index contributed by atoms with van der Waals surface area (Å²) in [7, 11) is 1.75. The largest absolute Gasteiger partial charge is 0.496 e. The van der Waals surface area contributed by atoms with Crippen LogP contribution in [-0.4, -0.2) is 56.2 Å². The Morgan fingerprint density at radius 1 is 1.15 bits per heavy atom. The van der Waals surface area contributed by atoms with Crippen LogP contribution in [0.5, 0.6) is 5.75 Å². The van der Waals surface area contributed by atoms with Gasteiger partial charge in [-0.25, -0.2) is 0 Å². The van der Waals surface area contributed by atoms with Crippen LogP contribution in [-0.2, 0) is 6.42 Å². The van der Waals surface area contributed by atoms with Crippen LogP contribution >= 0.6 is 0 Å². The number of ether oxygens (including phenoxy) is 1. The Morgan fingerprint density at radius 3 is 2.60 bits per heavy atom. The molecule has 0 amide bonds. The number of para-hydroxylation sites is 1. The number of methoxy groups -OCH3 is 1. The zero-order valence-electron chi connectivity index (χ0n) is 13.0. The van der Waals surface area contributed by atoms with Crippen molar-refractivity contribution in [3.8, 4) is 5.75 Å². The second-order valence-electron chi connectivity index (χ2n) is 5.54. The maximum absolute atomic E-state index is 5.43. The smallest absolute Gasteiger partial charge is 0.122 e. The Hall–Kier alpha value is -1.06. The number of benzene rings is 1. The molecule has 112 valence electrons. The lowest BCUT2D eigenvalue weighted by atomic mass is 10.1. The maximum atomic E-state index is 5.43. The van der Waals surface area contributed by atoms with Gasteiger partial charge in [0.1, 0.15) is 5.75 Å². The molecule has 1 aliphatic rings.